The highest BCUT2D eigenvalue weighted by molar-refractivity contribution is 6.05. The van der Waals surface area contributed by atoms with Gasteiger partial charge in [0.15, 0.2) is 0 Å². The maximum absolute atomic E-state index is 12.2. The average Bonchev–Trinajstić information content (AvgIpc) is 2.56. The quantitative estimate of drug-likeness (QED) is 0.692. The van der Waals surface area contributed by atoms with Crippen LogP contribution in [-0.4, -0.2) is 12.6 Å². The Labute approximate surface area is 127 Å². The van der Waals surface area contributed by atoms with Crippen LogP contribution in [0, 0.1) is 0 Å². The van der Waals surface area contributed by atoms with Crippen LogP contribution < -0.4 is 5.63 Å². The Morgan fingerprint density at radius 3 is 2.32 bits per heavy atom. The van der Waals surface area contributed by atoms with E-state index in [4.69, 9.17) is 9.15 Å². The Bertz CT molecular complexity index is 878. The van der Waals surface area contributed by atoms with Gasteiger partial charge in [0.05, 0.1) is 12.0 Å². The summed E-state index contributed by atoms with van der Waals surface area (Å²) in [5, 5.41) is 1.11. The Morgan fingerprint density at radius 1 is 1.00 bits per heavy atom. The van der Waals surface area contributed by atoms with Crippen molar-refractivity contribution in [2.75, 3.05) is 6.61 Å². The number of hydrogen-bond acceptors (Lipinski definition) is 4. The first-order valence-corrected chi connectivity index (χ1v) is 7.00. The van der Waals surface area contributed by atoms with Gasteiger partial charge in [-0.3, -0.25) is 0 Å². The molecule has 0 atom stereocenters. The molecule has 1 heterocycles. The van der Waals surface area contributed by atoms with Gasteiger partial charge in [0.2, 0.25) is 5.76 Å². The van der Waals surface area contributed by atoms with Gasteiger partial charge in [-0.1, -0.05) is 48.5 Å². The number of rotatable bonds is 3. The van der Waals surface area contributed by atoms with Crippen molar-refractivity contribution < 1.29 is 13.9 Å². The van der Waals surface area contributed by atoms with Crippen LogP contribution in [0.1, 0.15) is 17.5 Å². The molecule has 0 N–H and O–H groups in total. The molecule has 0 saturated carbocycles. The normalized spacial score (nSPS) is 10.6. The van der Waals surface area contributed by atoms with Crippen molar-refractivity contribution in [2.45, 2.75) is 6.92 Å². The van der Waals surface area contributed by atoms with Crippen LogP contribution >= 0.6 is 0 Å². The highest BCUT2D eigenvalue weighted by Gasteiger charge is 2.21. The van der Waals surface area contributed by atoms with Gasteiger partial charge < -0.3 is 9.15 Å². The molecule has 0 radical (unpaired) electrons. The topological polar surface area (TPSA) is 56.5 Å². The second-order valence-corrected chi connectivity index (χ2v) is 4.73. The third-order valence-electron chi connectivity index (χ3n) is 3.36. The molecule has 0 saturated heterocycles. The zero-order valence-electron chi connectivity index (χ0n) is 12.0. The summed E-state index contributed by atoms with van der Waals surface area (Å²) in [4.78, 5) is 24.3. The molecule has 0 unspecified atom stereocenters. The molecule has 4 nitrogen and oxygen atoms in total. The summed E-state index contributed by atoms with van der Waals surface area (Å²) in [5.74, 6) is -0.694. The molecule has 0 amide bonds. The van der Waals surface area contributed by atoms with Crippen LogP contribution in [0.4, 0.5) is 0 Å². The standard InChI is InChI=1S/C18H14O4/c1-2-21-18(20)16-15(12-8-4-3-5-9-12)13-10-6-7-11-14(13)17(19)22-16/h3-11H,2H2,1H3. The molecule has 3 rings (SSSR count). The number of carbonyl (C=O) groups is 1. The molecule has 22 heavy (non-hydrogen) atoms. The molecular formula is C18H14O4. The monoisotopic (exact) mass is 294 g/mol. The van der Waals surface area contributed by atoms with Crippen LogP contribution in [-0.2, 0) is 4.74 Å². The van der Waals surface area contributed by atoms with Crippen molar-refractivity contribution in [1.82, 2.24) is 0 Å². The van der Waals surface area contributed by atoms with E-state index in [2.05, 4.69) is 0 Å². The Hall–Kier alpha value is -2.88. The largest absolute Gasteiger partial charge is 0.460 e. The SMILES string of the molecule is CCOC(=O)c1oc(=O)c2ccccc2c1-c1ccccc1. The van der Waals surface area contributed by atoms with E-state index >= 15 is 0 Å². The molecule has 0 bridgehead atoms. The predicted octanol–water partition coefficient (Wildman–Crippen LogP) is 3.64. The fraction of sp³-hybridized carbons (Fsp3) is 0.111. The predicted molar refractivity (Wildman–Crippen MR) is 83.9 cm³/mol. The first kappa shape index (κ1) is 14.1. The van der Waals surface area contributed by atoms with Crippen LogP contribution in [0.2, 0.25) is 0 Å². The molecule has 4 heteroatoms. The van der Waals surface area contributed by atoms with Crippen molar-refractivity contribution >= 4 is 16.7 Å². The van der Waals surface area contributed by atoms with Crippen LogP contribution in [0.3, 0.4) is 0 Å². The minimum atomic E-state index is -0.635. The summed E-state index contributed by atoms with van der Waals surface area (Å²) in [5.41, 5.74) is 0.832. The fourth-order valence-electron chi connectivity index (χ4n) is 2.43. The van der Waals surface area contributed by atoms with Crippen molar-refractivity contribution in [3.05, 3.63) is 70.8 Å². The smallest absolute Gasteiger partial charge is 0.375 e. The van der Waals surface area contributed by atoms with Crippen LogP contribution in [0.15, 0.2) is 63.8 Å². The lowest BCUT2D eigenvalue weighted by Gasteiger charge is -2.10. The maximum atomic E-state index is 12.2. The summed E-state index contributed by atoms with van der Waals surface area (Å²) in [6, 6.07) is 16.4. The number of esters is 1. The number of ether oxygens (including phenoxy) is 1. The number of benzene rings is 2. The molecule has 110 valence electrons. The van der Waals surface area contributed by atoms with Gasteiger partial charge in [-0.2, -0.15) is 0 Å². The Kier molecular flexibility index (Phi) is 3.74. The van der Waals surface area contributed by atoms with Gasteiger partial charge in [0.1, 0.15) is 0 Å². The van der Waals surface area contributed by atoms with E-state index in [0.29, 0.717) is 16.3 Å². The highest BCUT2D eigenvalue weighted by Crippen LogP contribution is 2.30. The van der Waals surface area contributed by atoms with Crippen molar-refractivity contribution in [3.8, 4) is 11.1 Å². The summed E-state index contributed by atoms with van der Waals surface area (Å²) in [7, 11) is 0. The minimum absolute atomic E-state index is 0.0586. The van der Waals surface area contributed by atoms with Crippen LogP contribution in [0.5, 0.6) is 0 Å². The highest BCUT2D eigenvalue weighted by atomic mass is 16.5. The second-order valence-electron chi connectivity index (χ2n) is 4.73. The number of fused-ring (bicyclic) bond motifs is 1. The van der Waals surface area contributed by atoms with E-state index in [0.717, 1.165) is 5.56 Å². The Morgan fingerprint density at radius 2 is 1.64 bits per heavy atom. The first-order valence-electron chi connectivity index (χ1n) is 7.00. The van der Waals surface area contributed by atoms with E-state index in [1.165, 1.54) is 0 Å². The number of carbonyl (C=O) groups excluding carboxylic acids is 1. The molecule has 2 aromatic carbocycles. The lowest BCUT2D eigenvalue weighted by atomic mass is 9.98. The fourth-order valence-corrected chi connectivity index (χ4v) is 2.43. The van der Waals surface area contributed by atoms with Gasteiger partial charge >= 0.3 is 11.6 Å². The van der Waals surface area contributed by atoms with E-state index in [9.17, 15) is 9.59 Å². The molecule has 3 aromatic rings. The summed E-state index contributed by atoms with van der Waals surface area (Å²) >= 11 is 0. The molecular weight excluding hydrogens is 280 g/mol. The van der Waals surface area contributed by atoms with E-state index in [1.807, 2.05) is 36.4 Å². The maximum Gasteiger partial charge on any atom is 0.375 e. The first-order chi connectivity index (χ1) is 10.7. The third kappa shape index (κ3) is 2.39. The molecule has 0 aliphatic rings. The van der Waals surface area contributed by atoms with Gasteiger partial charge in [-0.15, -0.1) is 0 Å². The summed E-state index contributed by atoms with van der Waals surface area (Å²) in [6.45, 7) is 1.92. The van der Waals surface area contributed by atoms with Crippen molar-refractivity contribution in [2.24, 2.45) is 0 Å². The lowest BCUT2D eigenvalue weighted by molar-refractivity contribution is 0.0487. The molecule has 0 fully saturated rings. The second kappa shape index (κ2) is 5.85. The van der Waals surface area contributed by atoms with Crippen molar-refractivity contribution in [3.63, 3.8) is 0 Å². The van der Waals surface area contributed by atoms with E-state index in [-0.39, 0.29) is 12.4 Å². The van der Waals surface area contributed by atoms with Crippen molar-refractivity contribution in [1.29, 1.82) is 0 Å². The molecule has 1 aromatic heterocycles. The average molecular weight is 294 g/mol. The molecule has 0 spiro atoms. The zero-order valence-corrected chi connectivity index (χ0v) is 12.0. The van der Waals surface area contributed by atoms with Gasteiger partial charge in [0.25, 0.3) is 0 Å². The zero-order chi connectivity index (χ0) is 15.5. The summed E-state index contributed by atoms with van der Waals surface area (Å²) < 4.78 is 10.3. The molecule has 0 aliphatic carbocycles. The third-order valence-corrected chi connectivity index (χ3v) is 3.36. The van der Waals surface area contributed by atoms with E-state index < -0.39 is 11.6 Å². The van der Waals surface area contributed by atoms with Gasteiger partial charge in [-0.25, -0.2) is 9.59 Å². The Balaban J connectivity index is 2.39. The van der Waals surface area contributed by atoms with Gasteiger partial charge in [-0.05, 0) is 18.6 Å². The van der Waals surface area contributed by atoms with Gasteiger partial charge in [0, 0.05) is 10.9 Å². The summed E-state index contributed by atoms with van der Waals surface area (Å²) in [6.07, 6.45) is 0. The van der Waals surface area contributed by atoms with E-state index in [1.54, 1.807) is 25.1 Å². The number of hydrogen-bond donors (Lipinski definition) is 0. The molecule has 0 aliphatic heterocycles. The minimum Gasteiger partial charge on any atom is -0.460 e. The lowest BCUT2D eigenvalue weighted by Crippen LogP contribution is -2.12. The van der Waals surface area contributed by atoms with Crippen LogP contribution in [0.25, 0.3) is 21.9 Å².